The summed E-state index contributed by atoms with van der Waals surface area (Å²) >= 11 is 18.4. The molecule has 2 aromatic rings. The van der Waals surface area contributed by atoms with Gasteiger partial charge in [-0.1, -0.05) is 23.2 Å². The van der Waals surface area contributed by atoms with Crippen LogP contribution in [0.25, 0.3) is 5.57 Å². The number of benzene rings is 1. The van der Waals surface area contributed by atoms with Gasteiger partial charge in [0.1, 0.15) is 4.88 Å². The smallest absolute Gasteiger partial charge is 0.373 e. The second kappa shape index (κ2) is 7.38. The van der Waals surface area contributed by atoms with Gasteiger partial charge in [0.15, 0.2) is 3.95 Å². The molecule has 1 aromatic carbocycles. The highest BCUT2D eigenvalue weighted by molar-refractivity contribution is 7.73. The molecule has 1 aliphatic heterocycles. The van der Waals surface area contributed by atoms with Crippen molar-refractivity contribution in [3.05, 3.63) is 41.6 Å². The SMILES string of the molecule is CCn1c(O)c(C2=c3cc(Cl)cc(Cl)c3=NC2=O)sc1=S.O=C=O. The lowest BCUT2D eigenvalue weighted by molar-refractivity contribution is -0.191. The van der Waals surface area contributed by atoms with E-state index in [1.165, 1.54) is 17.4 Å². The molecule has 3 rings (SSSR count). The summed E-state index contributed by atoms with van der Waals surface area (Å²) in [5.74, 6) is -0.487. The summed E-state index contributed by atoms with van der Waals surface area (Å²) in [7, 11) is 0. The minimum Gasteiger partial charge on any atom is -0.493 e. The number of hydrogen-bond donors (Lipinski definition) is 1. The van der Waals surface area contributed by atoms with Crippen molar-refractivity contribution in [2.45, 2.75) is 13.5 Å². The van der Waals surface area contributed by atoms with E-state index in [1.807, 2.05) is 6.92 Å². The summed E-state index contributed by atoms with van der Waals surface area (Å²) in [6.45, 7) is 2.38. The molecule has 0 atom stereocenters. The zero-order chi connectivity index (χ0) is 18.0. The number of nitrogens with zero attached hydrogens (tertiary/aromatic N) is 2. The van der Waals surface area contributed by atoms with Crippen molar-refractivity contribution in [1.29, 1.82) is 0 Å². The fourth-order valence-electron chi connectivity index (χ4n) is 2.20. The van der Waals surface area contributed by atoms with Gasteiger partial charge in [-0.3, -0.25) is 9.36 Å². The molecule has 0 fully saturated rings. The van der Waals surface area contributed by atoms with Crippen molar-refractivity contribution in [3.8, 4) is 5.88 Å². The topological polar surface area (TPSA) is 88.7 Å². The number of thiazole rings is 1. The molecular weight excluding hydrogens is 395 g/mol. The number of halogens is 2. The van der Waals surface area contributed by atoms with Gasteiger partial charge in [0.25, 0.3) is 5.91 Å². The normalized spacial score (nSPS) is 12.1. The van der Waals surface area contributed by atoms with Crippen LogP contribution in [0.3, 0.4) is 0 Å². The first kappa shape index (κ1) is 18.5. The van der Waals surface area contributed by atoms with E-state index < -0.39 is 5.91 Å². The van der Waals surface area contributed by atoms with Crippen LogP contribution in [0.1, 0.15) is 11.8 Å². The van der Waals surface area contributed by atoms with Crippen molar-refractivity contribution >= 4 is 64.4 Å². The van der Waals surface area contributed by atoms with Crippen LogP contribution in [0, 0.1) is 3.95 Å². The molecule has 0 saturated carbocycles. The van der Waals surface area contributed by atoms with Crippen molar-refractivity contribution in [2.75, 3.05) is 0 Å². The first-order valence-corrected chi connectivity index (χ1v) is 8.38. The number of hydrogen-bond acceptors (Lipinski definition) is 6. The van der Waals surface area contributed by atoms with E-state index in [1.54, 1.807) is 10.6 Å². The highest BCUT2D eigenvalue weighted by Crippen LogP contribution is 2.32. The molecule has 1 amide bonds. The van der Waals surface area contributed by atoms with Gasteiger partial charge in [-0.15, -0.1) is 11.3 Å². The summed E-state index contributed by atoms with van der Waals surface area (Å²) in [5, 5.41) is 11.9. The van der Waals surface area contributed by atoms with Gasteiger partial charge < -0.3 is 5.11 Å². The fraction of sp³-hybridized carbons (Fsp3) is 0.143. The largest absolute Gasteiger partial charge is 0.493 e. The van der Waals surface area contributed by atoms with Crippen molar-refractivity contribution < 1.29 is 19.5 Å². The van der Waals surface area contributed by atoms with E-state index in [0.29, 0.717) is 36.0 Å². The average molecular weight is 403 g/mol. The molecule has 1 N–H and O–H groups in total. The molecule has 24 heavy (non-hydrogen) atoms. The molecular formula is C14H8Cl2N2O4S2. The van der Waals surface area contributed by atoms with E-state index in [2.05, 4.69) is 4.99 Å². The summed E-state index contributed by atoms with van der Waals surface area (Å²) in [6, 6.07) is 3.14. The van der Waals surface area contributed by atoms with Gasteiger partial charge in [0, 0.05) is 16.8 Å². The van der Waals surface area contributed by atoms with Crippen molar-refractivity contribution in [1.82, 2.24) is 4.57 Å². The first-order valence-electron chi connectivity index (χ1n) is 6.40. The second-order valence-corrected chi connectivity index (χ2v) is 6.91. The predicted molar refractivity (Wildman–Crippen MR) is 90.2 cm³/mol. The maximum absolute atomic E-state index is 12.2. The lowest BCUT2D eigenvalue weighted by Gasteiger charge is -2.01. The Bertz CT molecular complexity index is 1050. The zero-order valence-corrected chi connectivity index (χ0v) is 15.1. The molecule has 10 heteroatoms. The molecule has 0 unspecified atom stereocenters. The van der Waals surface area contributed by atoms with Gasteiger partial charge in [-0.25, -0.2) is 4.99 Å². The lowest BCUT2D eigenvalue weighted by atomic mass is 10.1. The van der Waals surface area contributed by atoms with Gasteiger partial charge in [-0.05, 0) is 31.3 Å². The monoisotopic (exact) mass is 402 g/mol. The predicted octanol–water partition coefficient (Wildman–Crippen LogP) is 2.09. The van der Waals surface area contributed by atoms with Crippen LogP contribution in [-0.2, 0) is 20.9 Å². The quantitative estimate of drug-likeness (QED) is 0.776. The standard InChI is InChI=1S/C13H8Cl2N2O2S2.CO2/c1-2-17-12(19)10(21-13(17)20)8-6-3-5(14)4-7(15)9(6)16-11(8)18;2-1-3/h3-4,19H,2H2,1H3;. The Balaban J connectivity index is 0.000000647. The van der Waals surface area contributed by atoms with Crippen LogP contribution in [0.15, 0.2) is 17.1 Å². The van der Waals surface area contributed by atoms with Gasteiger partial charge >= 0.3 is 6.15 Å². The molecule has 0 saturated heterocycles. The van der Waals surface area contributed by atoms with Crippen LogP contribution >= 0.6 is 46.8 Å². The van der Waals surface area contributed by atoms with Gasteiger partial charge in [0.05, 0.1) is 16.0 Å². The van der Waals surface area contributed by atoms with E-state index >= 15 is 0 Å². The van der Waals surface area contributed by atoms with E-state index in [0.717, 1.165) is 0 Å². The van der Waals surface area contributed by atoms with Crippen LogP contribution in [0.4, 0.5) is 0 Å². The molecule has 0 radical (unpaired) electrons. The number of carbonyl (C=O) groups is 1. The molecule has 2 heterocycles. The Morgan fingerprint density at radius 3 is 2.54 bits per heavy atom. The zero-order valence-electron chi connectivity index (χ0n) is 12.0. The third-order valence-electron chi connectivity index (χ3n) is 3.14. The third-order valence-corrected chi connectivity index (χ3v) is 5.10. The Hall–Kier alpha value is -1.83. The van der Waals surface area contributed by atoms with Crippen molar-refractivity contribution in [3.63, 3.8) is 0 Å². The third kappa shape index (κ3) is 3.19. The number of carbonyl (C=O) groups excluding carboxylic acids is 3. The highest BCUT2D eigenvalue weighted by atomic mass is 35.5. The Morgan fingerprint density at radius 2 is 2.00 bits per heavy atom. The Kier molecular flexibility index (Phi) is 5.69. The van der Waals surface area contributed by atoms with Crippen LogP contribution in [0.5, 0.6) is 5.88 Å². The van der Waals surface area contributed by atoms with Gasteiger partial charge in [-0.2, -0.15) is 9.59 Å². The summed E-state index contributed by atoms with van der Waals surface area (Å²) in [4.78, 5) is 32.8. The number of amides is 1. The van der Waals surface area contributed by atoms with Crippen LogP contribution < -0.4 is 10.6 Å². The van der Waals surface area contributed by atoms with Crippen LogP contribution in [0.2, 0.25) is 10.0 Å². The molecule has 124 valence electrons. The number of aromatic hydroxyl groups is 1. The fourth-order valence-corrected chi connectivity index (χ4v) is 4.20. The summed E-state index contributed by atoms with van der Waals surface area (Å²) in [6.07, 6.45) is 0.250. The lowest BCUT2D eigenvalue weighted by Crippen LogP contribution is -2.24. The molecule has 1 aliphatic rings. The van der Waals surface area contributed by atoms with E-state index in [-0.39, 0.29) is 17.6 Å². The maximum Gasteiger partial charge on any atom is 0.373 e. The second-order valence-electron chi connectivity index (χ2n) is 4.42. The summed E-state index contributed by atoms with van der Waals surface area (Å²) in [5.41, 5.74) is 0.287. The van der Waals surface area contributed by atoms with Crippen LogP contribution in [-0.4, -0.2) is 21.7 Å². The molecule has 6 nitrogen and oxygen atoms in total. The van der Waals surface area contributed by atoms with E-state index in [4.69, 9.17) is 45.0 Å². The molecule has 1 aromatic heterocycles. The molecule has 0 bridgehead atoms. The molecule has 0 spiro atoms. The van der Waals surface area contributed by atoms with E-state index in [9.17, 15) is 9.90 Å². The first-order chi connectivity index (χ1) is 11.3. The average Bonchev–Trinajstić information content (AvgIpc) is 2.96. The summed E-state index contributed by atoms with van der Waals surface area (Å²) < 4.78 is 2.05. The number of rotatable bonds is 2. The van der Waals surface area contributed by atoms with Gasteiger partial charge in [0.2, 0.25) is 5.88 Å². The number of aromatic nitrogens is 1. The maximum atomic E-state index is 12.2. The van der Waals surface area contributed by atoms with Crippen molar-refractivity contribution in [2.24, 2.45) is 4.99 Å². The minimum atomic E-state index is -0.455. The highest BCUT2D eigenvalue weighted by Gasteiger charge is 2.26. The Labute approximate surface area is 154 Å². The minimum absolute atomic E-state index is 0.0324. The molecule has 0 aliphatic carbocycles. The number of fused-ring (bicyclic) bond motifs is 1. The Morgan fingerprint density at radius 1 is 1.38 bits per heavy atom.